The first-order valence-corrected chi connectivity index (χ1v) is 13.6. The Morgan fingerprint density at radius 3 is 2.36 bits per heavy atom. The topological polar surface area (TPSA) is 122 Å². The number of halogens is 1. The van der Waals surface area contributed by atoms with Crippen LogP contribution in [0.15, 0.2) is 36.0 Å². The Kier molecular flexibility index (Phi) is 7.59. The van der Waals surface area contributed by atoms with Crippen LogP contribution in [0.2, 0.25) is 0 Å². The van der Waals surface area contributed by atoms with Gasteiger partial charge >= 0.3 is 0 Å². The van der Waals surface area contributed by atoms with Gasteiger partial charge in [0, 0.05) is 11.8 Å². The summed E-state index contributed by atoms with van der Waals surface area (Å²) in [5.74, 6) is 0.679. The molecule has 0 bridgehead atoms. The number of aryl methyl sites for hydroxylation is 1. The van der Waals surface area contributed by atoms with Crippen molar-refractivity contribution in [1.29, 1.82) is 0 Å². The maximum absolute atomic E-state index is 13.4. The molecule has 0 amide bonds. The van der Waals surface area contributed by atoms with E-state index in [1.54, 1.807) is 29.7 Å². The fourth-order valence-electron chi connectivity index (χ4n) is 3.56. The molecule has 0 fully saturated rings. The molecule has 0 saturated heterocycles. The van der Waals surface area contributed by atoms with E-state index in [-0.39, 0.29) is 18.1 Å². The van der Waals surface area contributed by atoms with Crippen molar-refractivity contribution in [3.63, 3.8) is 0 Å². The number of para-hydroxylation sites is 1. The van der Waals surface area contributed by atoms with Crippen LogP contribution < -0.4 is 9.47 Å². The molecule has 36 heavy (non-hydrogen) atoms. The lowest BCUT2D eigenvalue weighted by Gasteiger charge is -2.17. The van der Waals surface area contributed by atoms with Gasteiger partial charge < -0.3 is 9.47 Å². The number of thiazole rings is 1. The lowest BCUT2D eigenvalue weighted by atomic mass is 10.2. The molecule has 190 valence electrons. The van der Waals surface area contributed by atoms with E-state index in [9.17, 15) is 12.8 Å². The lowest BCUT2D eigenvalue weighted by molar-refractivity contribution is 0.391. The van der Waals surface area contributed by atoms with Crippen LogP contribution in [0.25, 0.3) is 16.5 Å². The molecule has 0 saturated carbocycles. The van der Waals surface area contributed by atoms with Crippen molar-refractivity contribution < 1.29 is 22.3 Å². The molecule has 1 atom stereocenters. The zero-order valence-corrected chi connectivity index (χ0v) is 21.8. The predicted octanol–water partition coefficient (Wildman–Crippen LogP) is 3.45. The monoisotopic (exact) mass is 532 g/mol. The number of methoxy groups -OCH3 is 2. The van der Waals surface area contributed by atoms with E-state index in [1.165, 1.54) is 25.6 Å². The summed E-state index contributed by atoms with van der Waals surface area (Å²) in [5.41, 5.74) is 1.36. The van der Waals surface area contributed by atoms with Gasteiger partial charge in [-0.25, -0.2) is 27.8 Å². The summed E-state index contributed by atoms with van der Waals surface area (Å²) < 4.78 is 52.7. The maximum Gasteiger partial charge on any atom is 0.197 e. The van der Waals surface area contributed by atoms with Gasteiger partial charge in [-0.05, 0) is 25.5 Å². The van der Waals surface area contributed by atoms with Crippen LogP contribution in [0.3, 0.4) is 0 Å². The fraction of sp³-hybridized carbons (Fsp3) is 0.348. The summed E-state index contributed by atoms with van der Waals surface area (Å²) in [6.07, 6.45) is 2.79. The standard InChI is InChI=1S/C23H25FN6O4S2/c1-5-16-12-35-23(27-16)22-29-28-20(30(22)21-17(33-3)7-6-8-18(21)34-4)13-36(31,32)14(2)9-19-25-10-15(24)11-26-19/h6-8,10-12,14H,5,9,13H2,1-4H3/t14-/m0/s1. The Morgan fingerprint density at radius 2 is 1.78 bits per heavy atom. The molecule has 0 aliphatic heterocycles. The molecule has 10 nitrogen and oxygen atoms in total. The first-order chi connectivity index (χ1) is 17.3. The van der Waals surface area contributed by atoms with Gasteiger partial charge in [-0.1, -0.05) is 13.0 Å². The Hall–Kier alpha value is -3.45. The van der Waals surface area contributed by atoms with Gasteiger partial charge in [-0.2, -0.15) is 0 Å². The van der Waals surface area contributed by atoms with Crippen molar-refractivity contribution in [2.45, 2.75) is 37.7 Å². The summed E-state index contributed by atoms with van der Waals surface area (Å²) in [5, 5.41) is 10.2. The molecule has 13 heteroatoms. The first-order valence-electron chi connectivity index (χ1n) is 11.1. The molecule has 0 radical (unpaired) electrons. The van der Waals surface area contributed by atoms with E-state index in [0.717, 1.165) is 24.5 Å². The molecule has 0 N–H and O–H groups in total. The van der Waals surface area contributed by atoms with E-state index < -0.39 is 26.7 Å². The molecule has 0 aliphatic carbocycles. The zero-order chi connectivity index (χ0) is 25.9. The van der Waals surface area contributed by atoms with Gasteiger partial charge in [0.1, 0.15) is 28.8 Å². The largest absolute Gasteiger partial charge is 0.494 e. The highest BCUT2D eigenvalue weighted by Crippen LogP contribution is 2.37. The third-order valence-electron chi connectivity index (χ3n) is 5.55. The van der Waals surface area contributed by atoms with Crippen LogP contribution >= 0.6 is 11.3 Å². The van der Waals surface area contributed by atoms with E-state index in [1.807, 2.05) is 12.3 Å². The molecule has 4 rings (SSSR count). The summed E-state index contributed by atoms with van der Waals surface area (Å²) in [6.45, 7) is 3.55. The van der Waals surface area contributed by atoms with Gasteiger partial charge in [0.25, 0.3) is 0 Å². The summed E-state index contributed by atoms with van der Waals surface area (Å²) >= 11 is 1.39. The molecule has 0 spiro atoms. The van der Waals surface area contributed by atoms with Crippen molar-refractivity contribution in [1.82, 2.24) is 29.7 Å². The van der Waals surface area contributed by atoms with Crippen LogP contribution in [0, 0.1) is 5.82 Å². The van der Waals surface area contributed by atoms with Gasteiger partial charge in [-0.15, -0.1) is 21.5 Å². The van der Waals surface area contributed by atoms with Crippen LogP contribution in [-0.4, -0.2) is 57.6 Å². The van der Waals surface area contributed by atoms with Crippen molar-refractivity contribution in [2.75, 3.05) is 14.2 Å². The molecular weight excluding hydrogens is 507 g/mol. The summed E-state index contributed by atoms with van der Waals surface area (Å²) in [4.78, 5) is 12.4. The number of sulfone groups is 1. The number of rotatable bonds is 10. The molecule has 4 aromatic rings. The van der Waals surface area contributed by atoms with Crippen LogP contribution in [-0.2, 0) is 28.4 Å². The molecule has 0 unspecified atom stereocenters. The second-order valence-electron chi connectivity index (χ2n) is 7.92. The maximum atomic E-state index is 13.4. The van der Waals surface area contributed by atoms with Crippen molar-refractivity contribution in [3.8, 4) is 28.0 Å². The van der Waals surface area contributed by atoms with Crippen LogP contribution in [0.1, 0.15) is 31.2 Å². The minimum Gasteiger partial charge on any atom is -0.494 e. The van der Waals surface area contributed by atoms with Crippen molar-refractivity contribution in [2.24, 2.45) is 0 Å². The van der Waals surface area contributed by atoms with E-state index in [2.05, 4.69) is 25.1 Å². The van der Waals surface area contributed by atoms with Crippen LogP contribution in [0.4, 0.5) is 4.39 Å². The van der Waals surface area contributed by atoms with Gasteiger partial charge in [-0.3, -0.25) is 4.57 Å². The quantitative estimate of drug-likeness (QED) is 0.302. The highest BCUT2D eigenvalue weighted by atomic mass is 32.2. The van der Waals surface area contributed by atoms with Crippen LogP contribution in [0.5, 0.6) is 11.5 Å². The zero-order valence-electron chi connectivity index (χ0n) is 20.2. The number of nitrogens with zero attached hydrogens (tertiary/aromatic N) is 6. The normalized spacial score (nSPS) is 12.5. The second-order valence-corrected chi connectivity index (χ2v) is 11.2. The minimum absolute atomic E-state index is 0.0218. The Bertz CT molecular complexity index is 1430. The Balaban J connectivity index is 1.79. The number of aromatic nitrogens is 6. The average Bonchev–Trinajstić information content (AvgIpc) is 3.51. The molecule has 3 heterocycles. The third kappa shape index (κ3) is 5.21. The number of hydrogen-bond acceptors (Lipinski definition) is 10. The number of ether oxygens (including phenoxy) is 2. The molecule has 3 aromatic heterocycles. The highest BCUT2D eigenvalue weighted by molar-refractivity contribution is 7.91. The first kappa shape index (κ1) is 25.6. The molecule has 0 aliphatic rings. The number of benzene rings is 1. The van der Waals surface area contributed by atoms with Gasteiger partial charge in [0.15, 0.2) is 32.3 Å². The fourth-order valence-corrected chi connectivity index (χ4v) is 5.67. The van der Waals surface area contributed by atoms with Gasteiger partial charge in [0.2, 0.25) is 0 Å². The molecular formula is C23H25FN6O4S2. The van der Waals surface area contributed by atoms with Gasteiger partial charge in [0.05, 0.1) is 37.6 Å². The van der Waals surface area contributed by atoms with Crippen molar-refractivity contribution in [3.05, 3.63) is 59.1 Å². The predicted molar refractivity (Wildman–Crippen MR) is 133 cm³/mol. The Morgan fingerprint density at radius 1 is 1.11 bits per heavy atom. The van der Waals surface area contributed by atoms with E-state index >= 15 is 0 Å². The average molecular weight is 533 g/mol. The SMILES string of the molecule is CCc1csc(-c2nnc(CS(=O)(=O)[C@@H](C)Cc3ncc(F)cn3)n2-c2c(OC)cccc2OC)n1. The summed E-state index contributed by atoms with van der Waals surface area (Å²) in [7, 11) is -0.723. The number of hydrogen-bond donors (Lipinski definition) is 0. The minimum atomic E-state index is -3.76. The highest BCUT2D eigenvalue weighted by Gasteiger charge is 2.30. The third-order valence-corrected chi connectivity index (χ3v) is 8.49. The summed E-state index contributed by atoms with van der Waals surface area (Å²) in [6, 6.07) is 5.26. The molecule has 1 aromatic carbocycles. The Labute approximate surface area is 212 Å². The van der Waals surface area contributed by atoms with E-state index in [0.29, 0.717) is 28.0 Å². The van der Waals surface area contributed by atoms with Crippen molar-refractivity contribution >= 4 is 21.2 Å². The smallest absolute Gasteiger partial charge is 0.197 e. The van der Waals surface area contributed by atoms with E-state index in [4.69, 9.17) is 9.47 Å². The lowest BCUT2D eigenvalue weighted by Crippen LogP contribution is -2.24. The second kappa shape index (κ2) is 10.7.